The Morgan fingerprint density at radius 1 is 1.82 bits per heavy atom. The number of nitrogens with zero attached hydrogens (tertiary/aromatic N) is 1. The Hall–Kier alpha value is -0.320. The molecule has 0 atom stereocenters. The van der Waals surface area contributed by atoms with E-state index in [1.54, 1.807) is 11.8 Å². The molecular weight excluding hydrogens is 160 g/mol. The summed E-state index contributed by atoms with van der Waals surface area (Å²) in [4.78, 5) is 3.75. The highest BCUT2D eigenvalue weighted by atomic mass is 32.2. The van der Waals surface area contributed by atoms with Gasteiger partial charge in [-0.25, -0.2) is 0 Å². The van der Waals surface area contributed by atoms with Gasteiger partial charge in [-0.2, -0.15) is 0 Å². The molecular formula is C7H14N2OS. The van der Waals surface area contributed by atoms with E-state index < -0.39 is 0 Å². The molecule has 4 heteroatoms. The van der Waals surface area contributed by atoms with Gasteiger partial charge in [-0.15, -0.1) is 11.8 Å². The topological polar surface area (TPSA) is 44.6 Å². The van der Waals surface area contributed by atoms with Crippen LogP contribution in [0, 0.1) is 0 Å². The van der Waals surface area contributed by atoms with E-state index in [0.717, 1.165) is 11.6 Å². The normalized spacial score (nSPS) is 11.6. The lowest BCUT2D eigenvalue weighted by molar-refractivity contribution is 0.299. The molecule has 0 fully saturated rings. The van der Waals surface area contributed by atoms with E-state index in [9.17, 15) is 0 Å². The molecule has 0 aliphatic carbocycles. The third-order valence-electron chi connectivity index (χ3n) is 1.02. The predicted octanol–water partition coefficient (Wildman–Crippen LogP) is 0.821. The lowest BCUT2D eigenvalue weighted by atomic mass is 10.4. The molecule has 0 unspecified atom stereocenters. The van der Waals surface area contributed by atoms with Crippen molar-refractivity contribution in [3.63, 3.8) is 0 Å². The Morgan fingerprint density at radius 3 is 3.00 bits per heavy atom. The second-order valence-electron chi connectivity index (χ2n) is 1.91. The number of aliphatic hydroxyl groups is 1. The highest BCUT2D eigenvalue weighted by Crippen LogP contribution is 2.09. The molecule has 0 saturated heterocycles. The van der Waals surface area contributed by atoms with Crippen molar-refractivity contribution in [3.05, 3.63) is 11.1 Å². The summed E-state index contributed by atoms with van der Waals surface area (Å²) in [6, 6.07) is 0. The van der Waals surface area contributed by atoms with E-state index in [1.807, 2.05) is 12.5 Å². The Labute approximate surface area is 71.6 Å². The Kier molecular flexibility index (Phi) is 7.56. The fourth-order valence-electron chi connectivity index (χ4n) is 0.511. The largest absolute Gasteiger partial charge is 0.396 e. The monoisotopic (exact) mass is 174 g/mol. The molecule has 0 aliphatic rings. The van der Waals surface area contributed by atoms with Crippen LogP contribution < -0.4 is 5.32 Å². The molecule has 2 N–H and O–H groups in total. The number of hydrogen-bond acceptors (Lipinski definition) is 4. The minimum Gasteiger partial charge on any atom is -0.396 e. The second-order valence-corrected chi connectivity index (χ2v) is 2.76. The van der Waals surface area contributed by atoms with Gasteiger partial charge in [0.25, 0.3) is 0 Å². The standard InChI is InChI=1S/C7H14N2OS/c1-8-6-11-5-7(9-2)3-4-10/h5,8,10H,2-4,6H2,1H3/b7-5-. The van der Waals surface area contributed by atoms with Gasteiger partial charge in [0.2, 0.25) is 0 Å². The highest BCUT2D eigenvalue weighted by molar-refractivity contribution is 8.02. The zero-order chi connectivity index (χ0) is 8.53. The van der Waals surface area contributed by atoms with Gasteiger partial charge in [-0.1, -0.05) is 0 Å². The molecule has 0 amide bonds. The van der Waals surface area contributed by atoms with Gasteiger partial charge in [0.1, 0.15) is 0 Å². The summed E-state index contributed by atoms with van der Waals surface area (Å²) in [7, 11) is 1.88. The highest BCUT2D eigenvalue weighted by Gasteiger charge is 1.90. The molecule has 11 heavy (non-hydrogen) atoms. The van der Waals surface area contributed by atoms with Crippen molar-refractivity contribution in [3.8, 4) is 0 Å². The minimum absolute atomic E-state index is 0.130. The van der Waals surface area contributed by atoms with Crippen LogP contribution in [0.1, 0.15) is 6.42 Å². The minimum atomic E-state index is 0.130. The Morgan fingerprint density at radius 2 is 2.55 bits per heavy atom. The van der Waals surface area contributed by atoms with E-state index in [-0.39, 0.29) is 6.61 Å². The van der Waals surface area contributed by atoms with Crippen molar-refractivity contribution >= 4 is 18.5 Å². The number of nitrogens with one attached hydrogen (secondary N) is 1. The summed E-state index contributed by atoms with van der Waals surface area (Å²) >= 11 is 1.61. The third-order valence-corrected chi connectivity index (χ3v) is 1.91. The molecule has 0 aliphatic heterocycles. The van der Waals surface area contributed by atoms with Gasteiger partial charge in [0.05, 0.1) is 0 Å². The smallest absolute Gasteiger partial charge is 0.0486 e. The maximum Gasteiger partial charge on any atom is 0.0486 e. The van der Waals surface area contributed by atoms with Gasteiger partial charge < -0.3 is 10.4 Å². The van der Waals surface area contributed by atoms with Gasteiger partial charge in [0, 0.05) is 24.6 Å². The molecule has 0 aromatic heterocycles. The molecule has 0 rings (SSSR count). The van der Waals surface area contributed by atoms with Crippen molar-refractivity contribution in [1.29, 1.82) is 0 Å². The lowest BCUT2D eigenvalue weighted by Crippen LogP contribution is -2.02. The van der Waals surface area contributed by atoms with E-state index in [0.29, 0.717) is 6.42 Å². The van der Waals surface area contributed by atoms with Crippen LogP contribution in [-0.2, 0) is 0 Å². The first-order valence-corrected chi connectivity index (χ1v) is 4.42. The van der Waals surface area contributed by atoms with Gasteiger partial charge in [-0.05, 0) is 19.2 Å². The van der Waals surface area contributed by atoms with Crippen molar-refractivity contribution in [2.24, 2.45) is 4.99 Å². The predicted molar refractivity (Wildman–Crippen MR) is 50.9 cm³/mol. The summed E-state index contributed by atoms with van der Waals surface area (Å²) in [5.74, 6) is 0.852. The van der Waals surface area contributed by atoms with Crippen LogP contribution in [0.2, 0.25) is 0 Å². The quantitative estimate of drug-likeness (QED) is 0.356. The molecule has 0 aromatic carbocycles. The second kappa shape index (κ2) is 7.78. The Bertz CT molecular complexity index is 136. The van der Waals surface area contributed by atoms with E-state index in [1.165, 1.54) is 0 Å². The molecule has 64 valence electrons. The summed E-state index contributed by atoms with van der Waals surface area (Å²) in [6.07, 6.45) is 0.584. The Balaban J connectivity index is 3.61. The summed E-state index contributed by atoms with van der Waals surface area (Å²) in [6.45, 7) is 3.53. The lowest BCUT2D eigenvalue weighted by Gasteiger charge is -1.97. The fraction of sp³-hybridized carbons (Fsp3) is 0.571. The first-order valence-electron chi connectivity index (χ1n) is 3.38. The van der Waals surface area contributed by atoms with E-state index in [2.05, 4.69) is 17.0 Å². The number of rotatable bonds is 6. The number of aliphatic imine (C=N–C) groups is 1. The molecule has 0 heterocycles. The maximum atomic E-state index is 8.57. The first kappa shape index (κ1) is 10.7. The average molecular weight is 174 g/mol. The zero-order valence-electron chi connectivity index (χ0n) is 6.71. The van der Waals surface area contributed by atoms with Crippen molar-refractivity contribution in [1.82, 2.24) is 5.32 Å². The average Bonchev–Trinajstić information content (AvgIpc) is 2.03. The summed E-state index contributed by atoms with van der Waals surface area (Å²) in [5.41, 5.74) is 0.841. The van der Waals surface area contributed by atoms with Gasteiger partial charge in [0.15, 0.2) is 0 Å². The molecule has 0 aromatic rings. The molecule has 0 bridgehead atoms. The van der Waals surface area contributed by atoms with Crippen molar-refractivity contribution < 1.29 is 5.11 Å². The number of thioether (sulfide) groups is 1. The number of aliphatic hydroxyl groups excluding tert-OH is 1. The fourth-order valence-corrected chi connectivity index (χ4v) is 1.15. The molecule has 0 radical (unpaired) electrons. The van der Waals surface area contributed by atoms with Crippen LogP contribution in [0.3, 0.4) is 0 Å². The summed E-state index contributed by atoms with van der Waals surface area (Å²) in [5, 5.41) is 13.5. The van der Waals surface area contributed by atoms with Crippen LogP contribution in [0.25, 0.3) is 0 Å². The molecule has 3 nitrogen and oxygen atoms in total. The maximum absolute atomic E-state index is 8.57. The van der Waals surface area contributed by atoms with Crippen LogP contribution in [0.15, 0.2) is 16.1 Å². The van der Waals surface area contributed by atoms with Gasteiger partial charge in [-0.3, -0.25) is 4.99 Å². The first-order chi connectivity index (χ1) is 5.35. The van der Waals surface area contributed by atoms with Gasteiger partial charge >= 0.3 is 0 Å². The van der Waals surface area contributed by atoms with Crippen molar-refractivity contribution in [2.75, 3.05) is 19.5 Å². The van der Waals surface area contributed by atoms with Crippen LogP contribution >= 0.6 is 11.8 Å². The van der Waals surface area contributed by atoms with Crippen molar-refractivity contribution in [2.45, 2.75) is 6.42 Å². The third kappa shape index (κ3) is 6.09. The number of hydrogen-bond donors (Lipinski definition) is 2. The molecule has 0 saturated carbocycles. The van der Waals surface area contributed by atoms with Crippen LogP contribution in [0.4, 0.5) is 0 Å². The van der Waals surface area contributed by atoms with E-state index >= 15 is 0 Å². The summed E-state index contributed by atoms with van der Waals surface area (Å²) < 4.78 is 0. The van der Waals surface area contributed by atoms with Crippen LogP contribution in [0.5, 0.6) is 0 Å². The SMILES string of the molecule is C=N/C(=C\SCNC)CCO. The van der Waals surface area contributed by atoms with Crippen LogP contribution in [-0.4, -0.2) is 31.4 Å². The zero-order valence-corrected chi connectivity index (χ0v) is 7.52. The van der Waals surface area contributed by atoms with E-state index in [4.69, 9.17) is 5.11 Å². The molecule has 0 spiro atoms.